The third-order valence-electron chi connectivity index (χ3n) is 2.74. The van der Waals surface area contributed by atoms with E-state index in [9.17, 15) is 0 Å². The zero-order valence-electron chi connectivity index (χ0n) is 11.8. The zero-order valence-corrected chi connectivity index (χ0v) is 11.8. The number of hydrogen-bond acceptors (Lipinski definition) is 6. The number of rotatable bonds is 7. The van der Waals surface area contributed by atoms with Crippen molar-refractivity contribution in [1.29, 1.82) is 0 Å². The third kappa shape index (κ3) is 3.81. The molecular weight excluding hydrogens is 254 g/mol. The topological polar surface area (TPSA) is 72.0 Å². The lowest BCUT2D eigenvalue weighted by Gasteiger charge is -2.10. The van der Waals surface area contributed by atoms with Gasteiger partial charge in [0, 0.05) is 18.7 Å². The van der Waals surface area contributed by atoms with E-state index in [-0.39, 0.29) is 0 Å². The largest absolute Gasteiger partial charge is 0.496 e. The second-order valence-corrected chi connectivity index (χ2v) is 4.26. The first kappa shape index (κ1) is 14.0. The molecule has 6 heteroatoms. The van der Waals surface area contributed by atoms with E-state index in [4.69, 9.17) is 4.74 Å². The van der Waals surface area contributed by atoms with Crippen molar-refractivity contribution in [2.75, 3.05) is 24.3 Å². The maximum Gasteiger partial charge on any atom is 0.244 e. The maximum atomic E-state index is 5.31. The third-order valence-corrected chi connectivity index (χ3v) is 2.74. The molecule has 20 heavy (non-hydrogen) atoms. The van der Waals surface area contributed by atoms with Crippen LogP contribution in [0.4, 0.5) is 11.8 Å². The number of para-hydroxylation sites is 1. The molecule has 6 nitrogen and oxygen atoms in total. The summed E-state index contributed by atoms with van der Waals surface area (Å²) in [6, 6.07) is 7.87. The molecule has 0 saturated heterocycles. The molecule has 0 aliphatic carbocycles. The highest BCUT2D eigenvalue weighted by atomic mass is 16.5. The predicted octanol–water partition coefficient (Wildman–Crippen LogP) is 2.31. The normalized spacial score (nSPS) is 10.1. The van der Waals surface area contributed by atoms with E-state index < -0.39 is 0 Å². The molecule has 106 valence electrons. The summed E-state index contributed by atoms with van der Waals surface area (Å²) < 4.78 is 5.31. The Bertz CT molecular complexity index is 547. The monoisotopic (exact) mass is 273 g/mol. The van der Waals surface area contributed by atoms with Gasteiger partial charge in [0.25, 0.3) is 0 Å². The van der Waals surface area contributed by atoms with Crippen LogP contribution in [0, 0.1) is 0 Å². The van der Waals surface area contributed by atoms with Crippen LogP contribution in [0.1, 0.15) is 18.9 Å². The number of aromatic nitrogens is 3. The summed E-state index contributed by atoms with van der Waals surface area (Å²) in [4.78, 5) is 4.34. The van der Waals surface area contributed by atoms with E-state index in [1.54, 1.807) is 13.3 Å². The number of nitrogens with zero attached hydrogens (tertiary/aromatic N) is 3. The Kier molecular flexibility index (Phi) is 5.11. The lowest BCUT2D eigenvalue weighted by Crippen LogP contribution is -2.09. The molecule has 0 radical (unpaired) electrons. The quantitative estimate of drug-likeness (QED) is 0.806. The van der Waals surface area contributed by atoms with Crippen molar-refractivity contribution in [3.63, 3.8) is 0 Å². The van der Waals surface area contributed by atoms with Gasteiger partial charge in [0.15, 0.2) is 5.82 Å². The summed E-state index contributed by atoms with van der Waals surface area (Å²) in [6.07, 6.45) is 2.62. The van der Waals surface area contributed by atoms with Gasteiger partial charge in [-0.25, -0.2) is 0 Å². The minimum absolute atomic E-state index is 0.539. The molecule has 0 bridgehead atoms. The second-order valence-electron chi connectivity index (χ2n) is 4.26. The van der Waals surface area contributed by atoms with Gasteiger partial charge >= 0.3 is 0 Å². The number of ether oxygens (including phenoxy) is 1. The predicted molar refractivity (Wildman–Crippen MR) is 78.9 cm³/mol. The Labute approximate surface area is 118 Å². The molecule has 0 saturated carbocycles. The van der Waals surface area contributed by atoms with E-state index in [1.807, 2.05) is 24.3 Å². The van der Waals surface area contributed by atoms with Crippen LogP contribution in [-0.2, 0) is 6.54 Å². The van der Waals surface area contributed by atoms with E-state index in [0.29, 0.717) is 18.3 Å². The average molecular weight is 273 g/mol. The molecule has 0 unspecified atom stereocenters. The molecule has 1 aromatic heterocycles. The number of nitrogens with one attached hydrogen (secondary N) is 2. The first-order valence-electron chi connectivity index (χ1n) is 6.63. The highest BCUT2D eigenvalue weighted by Crippen LogP contribution is 2.18. The van der Waals surface area contributed by atoms with E-state index in [2.05, 4.69) is 32.7 Å². The summed E-state index contributed by atoms with van der Waals surface area (Å²) in [7, 11) is 1.66. The fourth-order valence-electron chi connectivity index (χ4n) is 1.74. The number of anilines is 2. The van der Waals surface area contributed by atoms with Gasteiger partial charge in [-0.3, -0.25) is 0 Å². The summed E-state index contributed by atoms with van der Waals surface area (Å²) >= 11 is 0. The number of methoxy groups -OCH3 is 1. The van der Waals surface area contributed by atoms with Crippen LogP contribution in [0.15, 0.2) is 30.5 Å². The fraction of sp³-hybridized carbons (Fsp3) is 0.357. The lowest BCUT2D eigenvalue weighted by atomic mass is 10.2. The Hall–Kier alpha value is -2.37. The van der Waals surface area contributed by atoms with Gasteiger partial charge < -0.3 is 15.4 Å². The molecule has 0 aliphatic heterocycles. The van der Waals surface area contributed by atoms with Crippen LogP contribution in [0.5, 0.6) is 5.75 Å². The van der Waals surface area contributed by atoms with Gasteiger partial charge in [-0.05, 0) is 12.5 Å². The van der Waals surface area contributed by atoms with Crippen molar-refractivity contribution in [3.8, 4) is 5.75 Å². The van der Waals surface area contributed by atoms with Crippen molar-refractivity contribution in [2.24, 2.45) is 0 Å². The number of benzene rings is 1. The Balaban J connectivity index is 1.99. The molecule has 0 fully saturated rings. The van der Waals surface area contributed by atoms with Crippen molar-refractivity contribution in [3.05, 3.63) is 36.0 Å². The molecule has 2 aromatic rings. The molecule has 2 N–H and O–H groups in total. The highest BCUT2D eigenvalue weighted by Gasteiger charge is 2.03. The smallest absolute Gasteiger partial charge is 0.244 e. The van der Waals surface area contributed by atoms with E-state index in [0.717, 1.165) is 24.3 Å². The molecule has 0 atom stereocenters. The first-order chi connectivity index (χ1) is 9.83. The van der Waals surface area contributed by atoms with E-state index >= 15 is 0 Å². The van der Waals surface area contributed by atoms with Gasteiger partial charge in [0.2, 0.25) is 5.95 Å². The van der Waals surface area contributed by atoms with Crippen LogP contribution in [0.2, 0.25) is 0 Å². The van der Waals surface area contributed by atoms with Crippen molar-refractivity contribution >= 4 is 11.8 Å². The maximum absolute atomic E-state index is 5.31. The van der Waals surface area contributed by atoms with Gasteiger partial charge in [0.1, 0.15) is 5.75 Å². The van der Waals surface area contributed by atoms with Crippen LogP contribution in [-0.4, -0.2) is 28.8 Å². The molecule has 0 spiro atoms. The van der Waals surface area contributed by atoms with Crippen molar-refractivity contribution < 1.29 is 4.74 Å². The molecule has 0 amide bonds. The summed E-state index contributed by atoms with van der Waals surface area (Å²) in [5.41, 5.74) is 1.07. The second kappa shape index (κ2) is 7.28. The molecule has 0 aliphatic rings. The van der Waals surface area contributed by atoms with Crippen molar-refractivity contribution in [1.82, 2.24) is 15.2 Å². The molecule has 1 aromatic carbocycles. The first-order valence-corrected chi connectivity index (χ1v) is 6.63. The Morgan fingerprint density at radius 1 is 1.20 bits per heavy atom. The Morgan fingerprint density at radius 2 is 2.05 bits per heavy atom. The van der Waals surface area contributed by atoms with Gasteiger partial charge in [0.05, 0.1) is 13.3 Å². The van der Waals surface area contributed by atoms with E-state index in [1.165, 1.54) is 0 Å². The SMILES string of the molecule is CCCNc1nncc(NCc2ccccc2OC)n1. The highest BCUT2D eigenvalue weighted by molar-refractivity contribution is 5.40. The summed E-state index contributed by atoms with van der Waals surface area (Å²) in [5, 5.41) is 14.2. The van der Waals surface area contributed by atoms with Crippen LogP contribution in [0.3, 0.4) is 0 Å². The van der Waals surface area contributed by atoms with Gasteiger partial charge in [-0.1, -0.05) is 25.1 Å². The number of hydrogen-bond donors (Lipinski definition) is 2. The minimum atomic E-state index is 0.539. The summed E-state index contributed by atoms with van der Waals surface area (Å²) in [6.45, 7) is 3.54. The average Bonchev–Trinajstić information content (AvgIpc) is 2.51. The van der Waals surface area contributed by atoms with Gasteiger partial charge in [-0.15, -0.1) is 5.10 Å². The zero-order chi connectivity index (χ0) is 14.2. The van der Waals surface area contributed by atoms with Crippen molar-refractivity contribution in [2.45, 2.75) is 19.9 Å². The molecule has 1 heterocycles. The van der Waals surface area contributed by atoms with Crippen LogP contribution in [0.25, 0.3) is 0 Å². The molecule has 2 rings (SSSR count). The lowest BCUT2D eigenvalue weighted by molar-refractivity contribution is 0.410. The Morgan fingerprint density at radius 3 is 2.85 bits per heavy atom. The minimum Gasteiger partial charge on any atom is -0.496 e. The van der Waals surface area contributed by atoms with Gasteiger partial charge in [-0.2, -0.15) is 10.1 Å². The standard InChI is InChI=1S/C14H19N5O/c1-3-8-15-14-18-13(10-17-19-14)16-9-11-6-4-5-7-12(11)20-2/h4-7,10H,3,8-9H2,1-2H3,(H2,15,16,18,19). The van der Waals surface area contributed by atoms with Crippen LogP contribution < -0.4 is 15.4 Å². The summed E-state index contributed by atoms with van der Waals surface area (Å²) in [5.74, 6) is 2.08. The molecular formula is C14H19N5O. The van der Waals surface area contributed by atoms with Crippen LogP contribution >= 0.6 is 0 Å². The fourth-order valence-corrected chi connectivity index (χ4v) is 1.74.